The molecule has 0 saturated carbocycles. The third-order valence-corrected chi connectivity index (χ3v) is 3.37. The van der Waals surface area contributed by atoms with Gasteiger partial charge >= 0.3 is 0 Å². The third kappa shape index (κ3) is 2.76. The first kappa shape index (κ1) is 14.1. The van der Waals surface area contributed by atoms with Crippen molar-refractivity contribution < 1.29 is 9.32 Å². The monoisotopic (exact) mass is 297 g/mol. The van der Waals surface area contributed by atoms with E-state index < -0.39 is 0 Å². The first-order chi connectivity index (χ1) is 10.7. The molecule has 1 aromatic carbocycles. The van der Waals surface area contributed by atoms with Gasteiger partial charge in [-0.2, -0.15) is 0 Å². The van der Waals surface area contributed by atoms with Crippen LogP contribution in [0, 0.1) is 0 Å². The summed E-state index contributed by atoms with van der Waals surface area (Å²) in [4.78, 5) is 26.5. The summed E-state index contributed by atoms with van der Waals surface area (Å²) in [5.74, 6) is -0.253. The second kappa shape index (κ2) is 5.85. The van der Waals surface area contributed by atoms with Crippen LogP contribution in [-0.4, -0.2) is 16.0 Å². The lowest BCUT2D eigenvalue weighted by Gasteiger charge is -2.08. The molecule has 2 heterocycles. The third-order valence-electron chi connectivity index (χ3n) is 3.37. The number of rotatable bonds is 4. The fourth-order valence-electron chi connectivity index (χ4n) is 2.41. The predicted octanol–water partition coefficient (Wildman–Crippen LogP) is 2.72. The van der Waals surface area contributed by atoms with E-state index in [9.17, 15) is 9.59 Å². The quantitative estimate of drug-likeness (QED) is 0.775. The van der Waals surface area contributed by atoms with Gasteiger partial charge in [0.25, 0.3) is 5.91 Å². The van der Waals surface area contributed by atoms with Crippen molar-refractivity contribution in [3.8, 4) is 0 Å². The van der Waals surface area contributed by atoms with Crippen molar-refractivity contribution in [3.05, 3.63) is 58.2 Å². The molecule has 0 atom stereocenters. The minimum absolute atomic E-state index is 0.133. The Bertz CT molecular complexity index is 866. The van der Waals surface area contributed by atoms with Gasteiger partial charge in [0.05, 0.1) is 11.7 Å². The van der Waals surface area contributed by atoms with Gasteiger partial charge in [0.1, 0.15) is 0 Å². The van der Waals surface area contributed by atoms with Crippen molar-refractivity contribution in [1.82, 2.24) is 10.1 Å². The molecule has 6 nitrogen and oxygen atoms in total. The van der Waals surface area contributed by atoms with E-state index in [4.69, 9.17) is 4.52 Å². The molecule has 0 aliphatic heterocycles. The average molecular weight is 297 g/mol. The summed E-state index contributed by atoms with van der Waals surface area (Å²) in [6.45, 7) is 2.07. The van der Waals surface area contributed by atoms with Gasteiger partial charge in [-0.15, -0.1) is 0 Å². The Labute approximate surface area is 126 Å². The molecule has 0 aliphatic carbocycles. The molecular weight excluding hydrogens is 282 g/mol. The summed E-state index contributed by atoms with van der Waals surface area (Å²) in [6, 6.07) is 8.54. The van der Waals surface area contributed by atoms with E-state index in [0.29, 0.717) is 11.2 Å². The predicted molar refractivity (Wildman–Crippen MR) is 83.0 cm³/mol. The molecule has 0 fully saturated rings. The second-order valence-electron chi connectivity index (χ2n) is 5.00. The molecule has 3 aromatic rings. The summed E-state index contributed by atoms with van der Waals surface area (Å²) < 4.78 is 4.81. The molecule has 3 rings (SSSR count). The Morgan fingerprint density at radius 3 is 2.91 bits per heavy atom. The number of hydrogen-bond donors (Lipinski definition) is 2. The molecule has 0 saturated heterocycles. The van der Waals surface area contributed by atoms with E-state index in [1.54, 1.807) is 18.2 Å². The summed E-state index contributed by atoms with van der Waals surface area (Å²) >= 11 is 0. The lowest BCUT2D eigenvalue weighted by molar-refractivity contribution is 0.0988. The van der Waals surface area contributed by atoms with Crippen LogP contribution in [-0.2, 0) is 6.42 Å². The topological polar surface area (TPSA) is 88.0 Å². The first-order valence-electron chi connectivity index (χ1n) is 7.05. The molecule has 6 heteroatoms. The van der Waals surface area contributed by atoms with Crippen molar-refractivity contribution in [2.45, 2.75) is 19.8 Å². The van der Waals surface area contributed by atoms with Crippen molar-refractivity contribution in [3.63, 3.8) is 0 Å². The molecule has 112 valence electrons. The zero-order valence-electron chi connectivity index (χ0n) is 12.1. The van der Waals surface area contributed by atoms with Crippen LogP contribution in [0.2, 0.25) is 0 Å². The molecule has 0 bridgehead atoms. The van der Waals surface area contributed by atoms with E-state index in [-0.39, 0.29) is 17.2 Å². The Hall–Kier alpha value is -2.89. The minimum Gasteiger partial charge on any atom is -0.351 e. The van der Waals surface area contributed by atoms with Crippen LogP contribution < -0.4 is 10.9 Å². The Morgan fingerprint density at radius 1 is 1.32 bits per heavy atom. The van der Waals surface area contributed by atoms with Gasteiger partial charge in [0.15, 0.2) is 0 Å². The van der Waals surface area contributed by atoms with Gasteiger partial charge in [-0.3, -0.25) is 9.59 Å². The van der Waals surface area contributed by atoms with Gasteiger partial charge < -0.3 is 14.8 Å². The maximum atomic E-state index is 11.9. The lowest BCUT2D eigenvalue weighted by atomic mass is 10.0. The number of aromatic amines is 1. The van der Waals surface area contributed by atoms with E-state index >= 15 is 0 Å². The fourth-order valence-corrected chi connectivity index (χ4v) is 2.41. The number of hydrogen-bond acceptors (Lipinski definition) is 4. The van der Waals surface area contributed by atoms with E-state index in [0.717, 1.165) is 23.8 Å². The normalized spacial score (nSPS) is 10.8. The molecule has 22 heavy (non-hydrogen) atoms. The highest BCUT2D eigenvalue weighted by Gasteiger charge is 2.11. The number of H-pyrrole nitrogens is 1. The van der Waals surface area contributed by atoms with Crippen LogP contribution in [0.25, 0.3) is 10.9 Å². The number of carbonyl (C=O) groups excluding carboxylic acids is 1. The fraction of sp³-hybridized carbons (Fsp3) is 0.188. The number of benzene rings is 1. The highest BCUT2D eigenvalue weighted by atomic mass is 16.5. The highest BCUT2D eigenvalue weighted by Crippen LogP contribution is 2.21. The van der Waals surface area contributed by atoms with Gasteiger partial charge in [0, 0.05) is 23.2 Å². The number of nitrogens with one attached hydrogen (secondary N) is 2. The molecule has 0 radical (unpaired) electrons. The summed E-state index contributed by atoms with van der Waals surface area (Å²) in [7, 11) is 0. The van der Waals surface area contributed by atoms with E-state index in [1.165, 1.54) is 12.3 Å². The van der Waals surface area contributed by atoms with E-state index in [2.05, 4.69) is 22.4 Å². The summed E-state index contributed by atoms with van der Waals surface area (Å²) in [5.41, 5.74) is 2.15. The largest absolute Gasteiger partial charge is 0.351 e. The van der Waals surface area contributed by atoms with Crippen molar-refractivity contribution in [2.75, 3.05) is 5.32 Å². The van der Waals surface area contributed by atoms with Crippen molar-refractivity contribution >= 4 is 22.5 Å². The van der Waals surface area contributed by atoms with Crippen molar-refractivity contribution in [1.29, 1.82) is 0 Å². The standard InChI is InChI=1S/C16H15N3O3/c1-2-3-10-8-15(20)19-13-9-11(4-5-12(10)13)18-16(21)14-6-7-17-22-14/h4-9H,2-3H2,1H3,(H,18,21)(H,19,20). The number of nitrogens with zero attached hydrogens (tertiary/aromatic N) is 1. The molecule has 1 amide bonds. The number of carbonyl (C=O) groups is 1. The summed E-state index contributed by atoms with van der Waals surface area (Å²) in [6.07, 6.45) is 3.20. The van der Waals surface area contributed by atoms with E-state index in [1.807, 2.05) is 6.07 Å². The molecular formula is C16H15N3O3. The number of pyridine rings is 1. The molecule has 0 spiro atoms. The number of amides is 1. The zero-order chi connectivity index (χ0) is 15.5. The number of anilines is 1. The smallest absolute Gasteiger partial charge is 0.294 e. The zero-order valence-corrected chi connectivity index (χ0v) is 12.1. The van der Waals surface area contributed by atoms with Crippen LogP contribution in [0.1, 0.15) is 29.5 Å². The number of aryl methyl sites for hydroxylation is 1. The number of fused-ring (bicyclic) bond motifs is 1. The lowest BCUT2D eigenvalue weighted by Crippen LogP contribution is -2.11. The number of aromatic nitrogens is 2. The maximum absolute atomic E-state index is 11.9. The maximum Gasteiger partial charge on any atom is 0.294 e. The highest BCUT2D eigenvalue weighted by molar-refractivity contribution is 6.03. The summed E-state index contributed by atoms with van der Waals surface area (Å²) in [5, 5.41) is 7.19. The van der Waals surface area contributed by atoms with Crippen LogP contribution in [0.3, 0.4) is 0 Å². The molecule has 0 unspecified atom stereocenters. The molecule has 2 aromatic heterocycles. The van der Waals surface area contributed by atoms with Gasteiger partial charge in [-0.1, -0.05) is 24.6 Å². The second-order valence-corrected chi connectivity index (χ2v) is 5.00. The molecule has 2 N–H and O–H groups in total. The minimum atomic E-state index is -0.385. The van der Waals surface area contributed by atoms with Crippen LogP contribution in [0.4, 0.5) is 5.69 Å². The first-order valence-corrected chi connectivity index (χ1v) is 7.05. The van der Waals surface area contributed by atoms with Crippen LogP contribution in [0.15, 0.2) is 45.8 Å². The Morgan fingerprint density at radius 2 is 2.18 bits per heavy atom. The van der Waals surface area contributed by atoms with Gasteiger partial charge in [-0.05, 0) is 24.1 Å². The van der Waals surface area contributed by atoms with Crippen LogP contribution in [0.5, 0.6) is 0 Å². The Kier molecular flexibility index (Phi) is 3.74. The SMILES string of the molecule is CCCc1cc(=O)[nH]c2cc(NC(=O)c3ccno3)ccc12. The van der Waals surface area contributed by atoms with Gasteiger partial charge in [-0.25, -0.2) is 0 Å². The molecule has 0 aliphatic rings. The van der Waals surface area contributed by atoms with Crippen molar-refractivity contribution in [2.24, 2.45) is 0 Å². The Balaban J connectivity index is 1.96. The van der Waals surface area contributed by atoms with Gasteiger partial charge in [0.2, 0.25) is 11.3 Å². The van der Waals surface area contributed by atoms with Crippen LogP contribution >= 0.6 is 0 Å². The average Bonchev–Trinajstić information content (AvgIpc) is 3.01.